The molecule has 5 N–H and O–H groups in total. The van der Waals surface area contributed by atoms with Crippen LogP contribution in [-0.4, -0.2) is 68.8 Å². The van der Waals surface area contributed by atoms with E-state index in [0.29, 0.717) is 36.3 Å². The SMILES string of the molecule is Cc1cc(C(O)(CO)C(F)F)ccc1-c1cnc(N)c(C(=O)N2CC[C@H](CO)C2)n1. The number of alkyl halides is 2. The van der Waals surface area contributed by atoms with Gasteiger partial charge >= 0.3 is 0 Å². The fourth-order valence-corrected chi connectivity index (χ4v) is 3.51. The Bertz CT molecular complexity index is 943. The lowest BCUT2D eigenvalue weighted by molar-refractivity contribution is -0.129. The van der Waals surface area contributed by atoms with Gasteiger partial charge < -0.3 is 26.0 Å². The van der Waals surface area contributed by atoms with E-state index in [-0.39, 0.29) is 35.5 Å². The van der Waals surface area contributed by atoms with E-state index in [1.165, 1.54) is 24.4 Å². The number of hydrogen-bond donors (Lipinski definition) is 4. The number of aliphatic hydroxyl groups is 3. The third-order valence-electron chi connectivity index (χ3n) is 5.44. The van der Waals surface area contributed by atoms with Gasteiger partial charge in [-0.1, -0.05) is 18.2 Å². The molecular formula is C20H24F2N4O4. The highest BCUT2D eigenvalue weighted by Gasteiger charge is 2.39. The zero-order valence-corrected chi connectivity index (χ0v) is 16.4. The summed E-state index contributed by atoms with van der Waals surface area (Å²) in [6.45, 7) is 1.38. The van der Waals surface area contributed by atoms with Crippen molar-refractivity contribution in [2.45, 2.75) is 25.4 Å². The van der Waals surface area contributed by atoms with E-state index >= 15 is 0 Å². The molecule has 1 aromatic carbocycles. The van der Waals surface area contributed by atoms with Crippen molar-refractivity contribution in [1.29, 1.82) is 0 Å². The van der Waals surface area contributed by atoms with Gasteiger partial charge in [-0.3, -0.25) is 4.79 Å². The third-order valence-corrected chi connectivity index (χ3v) is 5.44. The zero-order valence-electron chi connectivity index (χ0n) is 16.4. The van der Waals surface area contributed by atoms with E-state index in [9.17, 15) is 28.9 Å². The summed E-state index contributed by atoms with van der Waals surface area (Å²) in [5.41, 5.74) is 4.37. The van der Waals surface area contributed by atoms with E-state index in [4.69, 9.17) is 5.73 Å². The number of benzene rings is 1. The Balaban J connectivity index is 1.94. The van der Waals surface area contributed by atoms with Gasteiger partial charge in [0.05, 0.1) is 18.5 Å². The molecule has 1 amide bonds. The smallest absolute Gasteiger partial charge is 0.276 e. The molecule has 1 aliphatic rings. The molecule has 0 bridgehead atoms. The lowest BCUT2D eigenvalue weighted by Gasteiger charge is -2.26. The Morgan fingerprint density at radius 3 is 2.70 bits per heavy atom. The molecule has 162 valence electrons. The number of anilines is 1. The van der Waals surface area contributed by atoms with Crippen molar-refractivity contribution in [2.24, 2.45) is 5.92 Å². The first-order valence-electron chi connectivity index (χ1n) is 9.46. The summed E-state index contributed by atoms with van der Waals surface area (Å²) in [6, 6.07) is 4.08. The van der Waals surface area contributed by atoms with Gasteiger partial charge in [0.15, 0.2) is 17.1 Å². The van der Waals surface area contributed by atoms with Crippen molar-refractivity contribution in [3.8, 4) is 11.3 Å². The van der Waals surface area contributed by atoms with Crippen LogP contribution in [0, 0.1) is 12.8 Å². The first kappa shape index (κ1) is 22.0. The molecule has 0 aliphatic carbocycles. The fourth-order valence-electron chi connectivity index (χ4n) is 3.51. The second-order valence-electron chi connectivity index (χ2n) is 7.49. The summed E-state index contributed by atoms with van der Waals surface area (Å²) in [5, 5.41) is 28.6. The number of rotatable bonds is 6. The van der Waals surface area contributed by atoms with Gasteiger partial charge in [0.25, 0.3) is 12.3 Å². The molecule has 1 unspecified atom stereocenters. The molecular weight excluding hydrogens is 398 g/mol. The summed E-state index contributed by atoms with van der Waals surface area (Å²) in [5.74, 6) is -0.404. The Labute approximate surface area is 172 Å². The van der Waals surface area contributed by atoms with Gasteiger partial charge in [-0.25, -0.2) is 18.7 Å². The van der Waals surface area contributed by atoms with Crippen LogP contribution in [0.4, 0.5) is 14.6 Å². The minimum absolute atomic E-state index is 0.00463. The second-order valence-corrected chi connectivity index (χ2v) is 7.49. The highest BCUT2D eigenvalue weighted by Crippen LogP contribution is 2.32. The van der Waals surface area contributed by atoms with E-state index < -0.39 is 18.6 Å². The van der Waals surface area contributed by atoms with E-state index in [0.717, 1.165) is 0 Å². The number of hydrogen-bond acceptors (Lipinski definition) is 7. The standard InChI is InChI=1S/C20H24F2N4O4/c1-11-6-13(20(30,10-28)19(21)22)2-3-14(11)15-7-24-17(23)16(25-15)18(29)26-5-4-12(8-26)9-27/h2-3,6-7,12,19,27-28,30H,4-5,8-10H2,1H3,(H2,23,24)/t12-,20?/m0/s1. The Hall–Kier alpha value is -2.69. The van der Waals surface area contributed by atoms with E-state index in [2.05, 4.69) is 9.97 Å². The largest absolute Gasteiger partial charge is 0.396 e. The molecule has 0 spiro atoms. The van der Waals surface area contributed by atoms with E-state index in [1.54, 1.807) is 11.8 Å². The van der Waals surface area contributed by atoms with Crippen LogP contribution >= 0.6 is 0 Å². The number of nitrogens with two attached hydrogens (primary N) is 1. The predicted molar refractivity (Wildman–Crippen MR) is 105 cm³/mol. The van der Waals surface area contributed by atoms with Gasteiger partial charge in [-0.2, -0.15) is 0 Å². The van der Waals surface area contributed by atoms with Gasteiger partial charge in [-0.05, 0) is 24.5 Å². The topological polar surface area (TPSA) is 133 Å². The number of aliphatic hydroxyl groups excluding tert-OH is 2. The van der Waals surface area contributed by atoms with Crippen LogP contribution in [0.1, 0.15) is 28.0 Å². The fraction of sp³-hybridized carbons (Fsp3) is 0.450. The average Bonchev–Trinajstić information content (AvgIpc) is 3.22. The number of halogens is 2. The van der Waals surface area contributed by atoms with Crippen LogP contribution in [0.5, 0.6) is 0 Å². The second kappa shape index (κ2) is 8.58. The van der Waals surface area contributed by atoms with Crippen molar-refractivity contribution in [3.05, 3.63) is 41.2 Å². The molecule has 2 aromatic rings. The third kappa shape index (κ3) is 3.98. The van der Waals surface area contributed by atoms with Gasteiger partial charge in [0.2, 0.25) is 0 Å². The number of aromatic nitrogens is 2. The molecule has 2 heterocycles. The molecule has 30 heavy (non-hydrogen) atoms. The average molecular weight is 422 g/mol. The Morgan fingerprint density at radius 1 is 1.40 bits per heavy atom. The minimum atomic E-state index is -3.17. The maximum absolute atomic E-state index is 13.2. The lowest BCUT2D eigenvalue weighted by Crippen LogP contribution is -2.38. The normalized spacial score (nSPS) is 18.6. The molecule has 2 atom stereocenters. The number of amides is 1. The quantitative estimate of drug-likeness (QED) is 0.544. The van der Waals surface area contributed by atoms with Gasteiger partial charge in [0, 0.05) is 31.2 Å². The van der Waals surface area contributed by atoms with Crippen molar-refractivity contribution < 1.29 is 28.9 Å². The summed E-state index contributed by atoms with van der Waals surface area (Å²) in [4.78, 5) is 22.8. The molecule has 0 saturated carbocycles. The van der Waals surface area contributed by atoms with Crippen molar-refractivity contribution in [3.63, 3.8) is 0 Å². The number of carbonyl (C=O) groups excluding carboxylic acids is 1. The van der Waals surface area contributed by atoms with Crippen LogP contribution < -0.4 is 5.73 Å². The Morgan fingerprint density at radius 2 is 2.13 bits per heavy atom. The molecule has 8 nitrogen and oxygen atoms in total. The molecule has 0 radical (unpaired) electrons. The first-order chi connectivity index (χ1) is 14.2. The molecule has 1 aliphatic heterocycles. The number of nitrogen functional groups attached to an aromatic ring is 1. The van der Waals surface area contributed by atoms with E-state index in [1.807, 2.05) is 0 Å². The number of aryl methyl sites for hydroxylation is 1. The van der Waals surface area contributed by atoms with Gasteiger partial charge in [0.1, 0.15) is 0 Å². The maximum Gasteiger partial charge on any atom is 0.276 e. The summed E-state index contributed by atoms with van der Waals surface area (Å²) >= 11 is 0. The molecule has 1 saturated heterocycles. The minimum Gasteiger partial charge on any atom is -0.396 e. The maximum atomic E-state index is 13.2. The van der Waals surface area contributed by atoms with Crippen LogP contribution in [0.25, 0.3) is 11.3 Å². The molecule has 3 rings (SSSR count). The molecule has 1 fully saturated rings. The summed E-state index contributed by atoms with van der Waals surface area (Å²) in [7, 11) is 0. The number of likely N-dealkylation sites (tertiary alicyclic amines) is 1. The Kier molecular flexibility index (Phi) is 6.30. The van der Waals surface area contributed by atoms with Crippen molar-refractivity contribution in [2.75, 3.05) is 32.0 Å². The summed E-state index contributed by atoms with van der Waals surface area (Å²) < 4.78 is 26.4. The zero-order chi connectivity index (χ0) is 22.1. The number of carbonyl (C=O) groups is 1. The van der Waals surface area contributed by atoms with Gasteiger partial charge in [-0.15, -0.1) is 0 Å². The first-order valence-corrected chi connectivity index (χ1v) is 9.46. The van der Waals surface area contributed by atoms with Crippen molar-refractivity contribution in [1.82, 2.24) is 14.9 Å². The van der Waals surface area contributed by atoms with Crippen LogP contribution in [0.15, 0.2) is 24.4 Å². The van der Waals surface area contributed by atoms with Crippen molar-refractivity contribution >= 4 is 11.7 Å². The van der Waals surface area contributed by atoms with Crippen LogP contribution in [0.2, 0.25) is 0 Å². The number of nitrogens with zero attached hydrogens (tertiary/aromatic N) is 3. The summed E-state index contributed by atoms with van der Waals surface area (Å²) in [6.07, 6.45) is -1.11. The monoisotopic (exact) mass is 422 g/mol. The van der Waals surface area contributed by atoms with Crippen LogP contribution in [-0.2, 0) is 5.60 Å². The predicted octanol–water partition coefficient (Wildman–Crippen LogP) is 0.934. The lowest BCUT2D eigenvalue weighted by atomic mass is 9.91. The van der Waals surface area contributed by atoms with Crippen LogP contribution in [0.3, 0.4) is 0 Å². The molecule has 10 heteroatoms. The molecule has 1 aromatic heterocycles. The highest BCUT2D eigenvalue weighted by atomic mass is 19.3. The highest BCUT2D eigenvalue weighted by molar-refractivity contribution is 5.97.